The van der Waals surface area contributed by atoms with Crippen molar-refractivity contribution in [2.75, 3.05) is 0 Å². The Labute approximate surface area is 179 Å². The van der Waals surface area contributed by atoms with Crippen molar-refractivity contribution in [1.82, 2.24) is 29.6 Å². The molecule has 0 amide bonds. The summed E-state index contributed by atoms with van der Waals surface area (Å²) in [6.07, 6.45) is 7.21. The number of rotatable bonds is 6. The van der Waals surface area contributed by atoms with Crippen LogP contribution in [0.25, 0.3) is 16.9 Å². The average Bonchev–Trinajstić information content (AvgIpc) is 3.35. The Kier molecular flexibility index (Phi) is 5.41. The van der Waals surface area contributed by atoms with E-state index in [1.165, 1.54) is 9.36 Å². The highest BCUT2D eigenvalue weighted by Crippen LogP contribution is 2.27. The number of ether oxygens (including phenoxy) is 1. The van der Waals surface area contributed by atoms with E-state index in [9.17, 15) is 4.79 Å². The van der Waals surface area contributed by atoms with Gasteiger partial charge in [-0.25, -0.2) is 4.79 Å². The topological polar surface area (TPSA) is 79.8 Å². The summed E-state index contributed by atoms with van der Waals surface area (Å²) in [5, 5.41) is 12.3. The number of terminal acetylenes is 1. The van der Waals surface area contributed by atoms with E-state index >= 15 is 0 Å². The molecule has 0 aliphatic rings. The molecule has 0 spiro atoms. The molecule has 0 radical (unpaired) electrons. The van der Waals surface area contributed by atoms with Gasteiger partial charge in [-0.15, -0.1) is 6.42 Å². The van der Waals surface area contributed by atoms with Crippen LogP contribution in [-0.2, 0) is 20.2 Å². The van der Waals surface area contributed by atoms with Crippen LogP contribution in [0, 0.1) is 26.2 Å². The Morgan fingerprint density at radius 2 is 1.94 bits per heavy atom. The van der Waals surface area contributed by atoms with Crippen molar-refractivity contribution in [3.63, 3.8) is 0 Å². The van der Waals surface area contributed by atoms with Crippen molar-refractivity contribution >= 4 is 0 Å². The van der Waals surface area contributed by atoms with Crippen molar-refractivity contribution in [3.8, 4) is 35.0 Å². The molecule has 0 aliphatic carbocycles. The molecule has 0 unspecified atom stereocenters. The predicted molar refractivity (Wildman–Crippen MR) is 117 cm³/mol. The Morgan fingerprint density at radius 3 is 2.65 bits per heavy atom. The molecule has 0 fully saturated rings. The lowest BCUT2D eigenvalue weighted by Crippen LogP contribution is -2.23. The second kappa shape index (κ2) is 8.32. The zero-order valence-electron chi connectivity index (χ0n) is 17.6. The molecular formula is C23H22N6O2. The summed E-state index contributed by atoms with van der Waals surface area (Å²) in [6.45, 7) is 4.70. The SMILES string of the molecule is C#CCn1ccc(-c2ccc(OCc3c(C)cccc3-n3nnn(C)c3=O)c(C)c2)n1. The van der Waals surface area contributed by atoms with E-state index in [0.29, 0.717) is 18.8 Å². The quantitative estimate of drug-likeness (QED) is 0.453. The Morgan fingerprint density at radius 1 is 1.10 bits per heavy atom. The number of tetrazole rings is 1. The number of nitrogens with zero attached hydrogens (tertiary/aromatic N) is 6. The minimum Gasteiger partial charge on any atom is -0.489 e. The normalized spacial score (nSPS) is 10.8. The van der Waals surface area contributed by atoms with Gasteiger partial charge >= 0.3 is 5.69 Å². The fourth-order valence-corrected chi connectivity index (χ4v) is 3.36. The molecular weight excluding hydrogens is 392 g/mol. The molecule has 0 saturated heterocycles. The third kappa shape index (κ3) is 3.98. The van der Waals surface area contributed by atoms with Crippen LogP contribution in [0.15, 0.2) is 53.5 Å². The molecule has 2 aromatic heterocycles. The number of hydrogen-bond acceptors (Lipinski definition) is 5. The molecule has 0 bridgehead atoms. The molecule has 0 saturated carbocycles. The van der Waals surface area contributed by atoms with Gasteiger partial charge in [-0.2, -0.15) is 14.5 Å². The first kappa shape index (κ1) is 20.2. The van der Waals surface area contributed by atoms with Crippen molar-refractivity contribution in [3.05, 3.63) is 75.8 Å². The van der Waals surface area contributed by atoms with E-state index in [1.54, 1.807) is 11.7 Å². The van der Waals surface area contributed by atoms with Crippen LogP contribution in [0.5, 0.6) is 5.75 Å². The van der Waals surface area contributed by atoms with Crippen LogP contribution >= 0.6 is 0 Å². The minimum atomic E-state index is -0.309. The molecule has 0 atom stereocenters. The first-order valence-electron chi connectivity index (χ1n) is 9.76. The lowest BCUT2D eigenvalue weighted by Gasteiger charge is -2.14. The van der Waals surface area contributed by atoms with Crippen molar-refractivity contribution in [1.29, 1.82) is 0 Å². The van der Waals surface area contributed by atoms with Crippen LogP contribution < -0.4 is 10.4 Å². The van der Waals surface area contributed by atoms with Crippen molar-refractivity contribution in [2.45, 2.75) is 27.0 Å². The van der Waals surface area contributed by atoms with E-state index in [1.807, 2.05) is 62.5 Å². The molecule has 8 nitrogen and oxygen atoms in total. The number of aryl methyl sites for hydroxylation is 3. The summed E-state index contributed by atoms with van der Waals surface area (Å²) in [6, 6.07) is 13.6. The maximum absolute atomic E-state index is 12.3. The maximum Gasteiger partial charge on any atom is 0.368 e. The minimum absolute atomic E-state index is 0.294. The summed E-state index contributed by atoms with van der Waals surface area (Å²) >= 11 is 0. The number of hydrogen-bond donors (Lipinski definition) is 0. The predicted octanol–water partition coefficient (Wildman–Crippen LogP) is 2.66. The fourth-order valence-electron chi connectivity index (χ4n) is 3.36. The molecule has 2 heterocycles. The van der Waals surface area contributed by atoms with E-state index in [-0.39, 0.29) is 5.69 Å². The highest BCUT2D eigenvalue weighted by atomic mass is 16.5. The van der Waals surface area contributed by atoms with Crippen molar-refractivity contribution < 1.29 is 4.74 Å². The maximum atomic E-state index is 12.3. The van der Waals surface area contributed by atoms with Gasteiger partial charge in [0.25, 0.3) is 0 Å². The summed E-state index contributed by atoms with van der Waals surface area (Å²) in [4.78, 5) is 12.3. The molecule has 8 heteroatoms. The molecule has 4 rings (SSSR count). The molecule has 156 valence electrons. The second-order valence-corrected chi connectivity index (χ2v) is 7.24. The first-order valence-corrected chi connectivity index (χ1v) is 9.76. The molecule has 0 N–H and O–H groups in total. The van der Waals surface area contributed by atoms with Gasteiger partial charge in [-0.05, 0) is 65.7 Å². The summed E-state index contributed by atoms with van der Waals surface area (Å²) in [7, 11) is 1.57. The van der Waals surface area contributed by atoms with E-state index < -0.39 is 0 Å². The number of benzene rings is 2. The van der Waals surface area contributed by atoms with E-state index in [2.05, 4.69) is 21.4 Å². The summed E-state index contributed by atoms with van der Waals surface area (Å²) < 4.78 is 10.3. The summed E-state index contributed by atoms with van der Waals surface area (Å²) in [5.74, 6) is 3.33. The first-order chi connectivity index (χ1) is 15.0. The van der Waals surface area contributed by atoms with Crippen LogP contribution in [0.1, 0.15) is 16.7 Å². The largest absolute Gasteiger partial charge is 0.489 e. The van der Waals surface area contributed by atoms with Gasteiger partial charge in [-0.1, -0.05) is 18.1 Å². The Hall–Kier alpha value is -4.12. The third-order valence-corrected chi connectivity index (χ3v) is 5.07. The van der Waals surface area contributed by atoms with Gasteiger partial charge in [0.2, 0.25) is 0 Å². The van der Waals surface area contributed by atoms with Gasteiger partial charge in [0.15, 0.2) is 0 Å². The zero-order valence-corrected chi connectivity index (χ0v) is 17.6. The van der Waals surface area contributed by atoms with Gasteiger partial charge < -0.3 is 4.74 Å². The highest BCUT2D eigenvalue weighted by Gasteiger charge is 2.14. The Bertz CT molecular complexity index is 1340. The molecule has 0 aliphatic heterocycles. The van der Waals surface area contributed by atoms with Crippen LogP contribution in [-0.4, -0.2) is 29.6 Å². The zero-order chi connectivity index (χ0) is 22.0. The van der Waals surface area contributed by atoms with Gasteiger partial charge in [0, 0.05) is 24.4 Å². The summed E-state index contributed by atoms with van der Waals surface area (Å²) in [5.41, 5.74) is 5.06. The molecule has 31 heavy (non-hydrogen) atoms. The second-order valence-electron chi connectivity index (χ2n) is 7.24. The lowest BCUT2D eigenvalue weighted by molar-refractivity contribution is 0.302. The van der Waals surface area contributed by atoms with Crippen LogP contribution in [0.2, 0.25) is 0 Å². The molecule has 2 aromatic carbocycles. The Balaban J connectivity index is 1.58. The number of aromatic nitrogens is 6. The van der Waals surface area contributed by atoms with Crippen molar-refractivity contribution in [2.24, 2.45) is 7.05 Å². The highest BCUT2D eigenvalue weighted by molar-refractivity contribution is 5.61. The van der Waals surface area contributed by atoms with E-state index in [0.717, 1.165) is 33.7 Å². The van der Waals surface area contributed by atoms with Gasteiger partial charge in [-0.3, -0.25) is 4.68 Å². The monoisotopic (exact) mass is 414 g/mol. The van der Waals surface area contributed by atoms with Crippen LogP contribution in [0.4, 0.5) is 0 Å². The lowest BCUT2D eigenvalue weighted by atomic mass is 10.1. The van der Waals surface area contributed by atoms with E-state index in [4.69, 9.17) is 11.2 Å². The third-order valence-electron chi connectivity index (χ3n) is 5.07. The van der Waals surface area contributed by atoms with Gasteiger partial charge in [0.05, 0.1) is 11.4 Å². The van der Waals surface area contributed by atoms with Crippen LogP contribution in [0.3, 0.4) is 0 Å². The standard InChI is InChI=1S/C23H22N6O2/c1-5-12-28-13-11-20(24-28)18-9-10-22(17(3)14-18)31-15-19-16(2)7-6-8-21(19)29-23(30)27(4)25-26-29/h1,6-11,13-14H,12,15H2,2-4H3. The fraction of sp³-hybridized carbons (Fsp3) is 0.217. The molecule has 4 aromatic rings. The van der Waals surface area contributed by atoms with Gasteiger partial charge in [0.1, 0.15) is 18.9 Å². The average molecular weight is 414 g/mol. The smallest absolute Gasteiger partial charge is 0.368 e.